The summed E-state index contributed by atoms with van der Waals surface area (Å²) in [4.78, 5) is 0. The standard InChI is InChI=1S/Fe.2Li.H2S2.2H/c;;;1-2;;/h;;;1-2H;;/q;2*+1;;2*-1. The van der Waals surface area contributed by atoms with Crippen LogP contribution < -0.4 is 37.7 Å². The van der Waals surface area contributed by atoms with E-state index < -0.39 is 0 Å². The Balaban J connectivity index is -0.000000000500. The minimum absolute atomic E-state index is 0. The number of rotatable bonds is 0. The van der Waals surface area contributed by atoms with Crippen molar-refractivity contribution in [3.63, 3.8) is 0 Å². The fourth-order valence-electron chi connectivity index (χ4n) is 0. The van der Waals surface area contributed by atoms with E-state index in [9.17, 15) is 0 Å². The molecule has 0 amide bonds. The number of hydrogen-bond donors (Lipinski definition) is 2. The normalized spacial score (nSPS) is 1.20. The van der Waals surface area contributed by atoms with Gasteiger partial charge in [0.15, 0.2) is 0 Å². The molecule has 0 saturated carbocycles. The molecule has 0 spiro atoms. The van der Waals surface area contributed by atoms with Crippen LogP contribution >= 0.6 is 23.3 Å². The van der Waals surface area contributed by atoms with Crippen molar-refractivity contribution in [1.82, 2.24) is 0 Å². The van der Waals surface area contributed by atoms with Crippen molar-refractivity contribution in [1.29, 1.82) is 0 Å². The zero-order valence-electron chi connectivity index (χ0n) is 5.25. The Kier molecular flexibility index (Phi) is 169. The molecule has 0 aromatic rings. The van der Waals surface area contributed by atoms with Crippen LogP contribution in [0, 0.1) is 0 Å². The molecule has 5 heteroatoms. The minimum Gasteiger partial charge on any atom is -1.00 e. The van der Waals surface area contributed by atoms with Crippen LogP contribution in [0.2, 0.25) is 0 Å². The van der Waals surface area contributed by atoms with Crippen molar-refractivity contribution in [2.45, 2.75) is 0 Å². The fourth-order valence-corrected chi connectivity index (χ4v) is 0. The summed E-state index contributed by atoms with van der Waals surface area (Å²) in [7, 11) is 0. The van der Waals surface area contributed by atoms with Gasteiger partial charge in [0.25, 0.3) is 0 Å². The summed E-state index contributed by atoms with van der Waals surface area (Å²) in [6, 6.07) is 0. The monoisotopic (exact) mass is 138 g/mol. The average molecular weight is 138 g/mol. The zero-order valence-corrected chi connectivity index (χ0v) is 6.14. The molecule has 0 fully saturated rings. The van der Waals surface area contributed by atoms with Gasteiger partial charge in [0, 0.05) is 17.1 Å². The molecule has 26 valence electrons. The van der Waals surface area contributed by atoms with Gasteiger partial charge >= 0.3 is 37.7 Å². The van der Waals surface area contributed by atoms with E-state index in [-0.39, 0.29) is 57.6 Å². The second-order valence-electron chi connectivity index (χ2n) is 0. The van der Waals surface area contributed by atoms with E-state index in [0.717, 1.165) is 0 Å². The van der Waals surface area contributed by atoms with Crippen molar-refractivity contribution in [3.05, 3.63) is 0 Å². The van der Waals surface area contributed by atoms with E-state index in [1.54, 1.807) is 0 Å². The van der Waals surface area contributed by atoms with Gasteiger partial charge in [-0.15, -0.1) is 23.3 Å². The van der Waals surface area contributed by atoms with Crippen molar-refractivity contribution in [2.24, 2.45) is 0 Å². The van der Waals surface area contributed by atoms with E-state index in [0.29, 0.717) is 0 Å². The van der Waals surface area contributed by atoms with Crippen LogP contribution in [0.4, 0.5) is 0 Å². The molecule has 0 radical (unpaired) electrons. The Morgan fingerprint density at radius 2 is 1.00 bits per heavy atom. The Bertz CT molecular complexity index is 13.7. The average Bonchev–Trinajstić information content (AvgIpc) is 1.00. The predicted molar refractivity (Wildman–Crippen MR) is 20.2 cm³/mol. The molecule has 0 aliphatic carbocycles. The summed E-state index contributed by atoms with van der Waals surface area (Å²) in [5.41, 5.74) is 0. The molecule has 0 aromatic carbocycles. The molecule has 0 bridgehead atoms. The third-order valence-electron chi connectivity index (χ3n) is 0. The maximum absolute atomic E-state index is 3.22. The van der Waals surface area contributed by atoms with Gasteiger partial charge in [-0.05, 0) is 0 Å². The van der Waals surface area contributed by atoms with Crippen molar-refractivity contribution < 1.29 is 57.6 Å². The van der Waals surface area contributed by atoms with Crippen LogP contribution in [0.3, 0.4) is 0 Å². The molecule has 0 atom stereocenters. The molecular formula is H4FeLi2S2. The summed E-state index contributed by atoms with van der Waals surface area (Å²) >= 11 is 6.44. The molecule has 0 aliphatic heterocycles. The quantitative estimate of drug-likeness (QED) is 0.187. The van der Waals surface area contributed by atoms with Crippen molar-refractivity contribution >= 4 is 23.3 Å². The first-order valence-corrected chi connectivity index (χ1v) is 1.80. The summed E-state index contributed by atoms with van der Waals surface area (Å²) in [6.45, 7) is 0. The largest absolute Gasteiger partial charge is 1.00 e. The van der Waals surface area contributed by atoms with Crippen LogP contribution in [-0.2, 0) is 17.1 Å². The van der Waals surface area contributed by atoms with E-state index in [4.69, 9.17) is 0 Å². The van der Waals surface area contributed by atoms with Crippen molar-refractivity contribution in [2.75, 3.05) is 0 Å². The molecule has 0 nitrogen and oxygen atoms in total. The first kappa shape index (κ1) is 26.2. The van der Waals surface area contributed by atoms with Gasteiger partial charge in [-0.25, -0.2) is 0 Å². The van der Waals surface area contributed by atoms with Gasteiger partial charge in [-0.1, -0.05) is 0 Å². The number of thiol groups is 2. The van der Waals surface area contributed by atoms with Gasteiger partial charge in [0.05, 0.1) is 0 Å². The van der Waals surface area contributed by atoms with Crippen LogP contribution in [0.5, 0.6) is 0 Å². The Morgan fingerprint density at radius 1 is 1.00 bits per heavy atom. The van der Waals surface area contributed by atoms with Gasteiger partial charge in [0.1, 0.15) is 0 Å². The first-order chi connectivity index (χ1) is 1.00. The molecule has 0 N–H and O–H groups in total. The zero-order chi connectivity index (χ0) is 2.00. The summed E-state index contributed by atoms with van der Waals surface area (Å²) in [5, 5.41) is 0. The molecule has 0 heterocycles. The van der Waals surface area contributed by atoms with Gasteiger partial charge < -0.3 is 2.85 Å². The molecular weight excluding hydrogens is 134 g/mol. The second kappa shape index (κ2) is 32.3. The molecule has 0 aliphatic rings. The molecule has 0 unspecified atom stereocenters. The Labute approximate surface area is 80.2 Å². The molecule has 5 heavy (non-hydrogen) atoms. The van der Waals surface area contributed by atoms with E-state index in [1.807, 2.05) is 0 Å². The van der Waals surface area contributed by atoms with Gasteiger partial charge in [-0.3, -0.25) is 0 Å². The molecule has 0 saturated heterocycles. The third-order valence-corrected chi connectivity index (χ3v) is 0. The van der Waals surface area contributed by atoms with Crippen LogP contribution in [0.15, 0.2) is 0 Å². The van der Waals surface area contributed by atoms with Crippen LogP contribution in [0.25, 0.3) is 0 Å². The summed E-state index contributed by atoms with van der Waals surface area (Å²) in [6.07, 6.45) is 0. The Morgan fingerprint density at radius 3 is 1.00 bits per heavy atom. The third kappa shape index (κ3) is 21.4. The van der Waals surface area contributed by atoms with Gasteiger partial charge in [-0.2, -0.15) is 0 Å². The van der Waals surface area contributed by atoms with E-state index in [1.165, 1.54) is 0 Å². The molecule has 0 rings (SSSR count). The van der Waals surface area contributed by atoms with Crippen molar-refractivity contribution in [3.8, 4) is 0 Å². The SMILES string of the molecule is SS.[Fe].[H-].[H-].[Li+].[Li+]. The first-order valence-electron chi connectivity index (χ1n) is 0.200. The summed E-state index contributed by atoms with van der Waals surface area (Å²) in [5.74, 6) is 0. The van der Waals surface area contributed by atoms with Gasteiger partial charge in [0.2, 0.25) is 0 Å². The maximum atomic E-state index is 3.22. The number of hydrogen-bond acceptors (Lipinski definition) is 2. The predicted octanol–water partition coefficient (Wildman–Crippen LogP) is -5.01. The van der Waals surface area contributed by atoms with E-state index >= 15 is 0 Å². The molecule has 0 aromatic heterocycles. The maximum Gasteiger partial charge on any atom is 1.00 e. The fraction of sp³-hybridized carbons (Fsp3) is 0. The van der Waals surface area contributed by atoms with Crippen LogP contribution in [-0.4, -0.2) is 0 Å². The van der Waals surface area contributed by atoms with Crippen LogP contribution in [0.1, 0.15) is 2.85 Å². The van der Waals surface area contributed by atoms with E-state index in [2.05, 4.69) is 23.3 Å². The Hall–Kier alpha value is 2.41. The minimum atomic E-state index is 0. The topological polar surface area (TPSA) is 0 Å². The summed E-state index contributed by atoms with van der Waals surface area (Å²) < 4.78 is 0. The smallest absolute Gasteiger partial charge is 1.00 e. The second-order valence-corrected chi connectivity index (χ2v) is 0.